The third kappa shape index (κ3) is 4.33. The topological polar surface area (TPSA) is 100 Å². The van der Waals surface area contributed by atoms with E-state index >= 15 is 0 Å². The summed E-state index contributed by atoms with van der Waals surface area (Å²) in [6.45, 7) is 3.67. The number of amides is 1. The minimum absolute atomic E-state index is 0.319. The largest absolute Gasteiger partial charge is 0.396 e. The Hall–Kier alpha value is -3.52. The van der Waals surface area contributed by atoms with Gasteiger partial charge in [0, 0.05) is 44.1 Å². The van der Waals surface area contributed by atoms with Crippen LogP contribution in [-0.2, 0) is 0 Å². The van der Waals surface area contributed by atoms with Gasteiger partial charge in [0.05, 0.1) is 16.9 Å². The molecule has 0 atom stereocenters. The summed E-state index contributed by atoms with van der Waals surface area (Å²) < 4.78 is 0. The van der Waals surface area contributed by atoms with E-state index in [1.54, 1.807) is 6.07 Å². The van der Waals surface area contributed by atoms with Crippen LogP contribution in [0.4, 0.5) is 17.5 Å². The number of rotatable bonds is 4. The number of nitrogen functional groups attached to an aromatic ring is 1. The zero-order valence-corrected chi connectivity index (χ0v) is 16.2. The number of nitrogens with two attached hydrogens (primary N) is 1. The zero-order valence-electron chi connectivity index (χ0n) is 16.2. The highest BCUT2D eigenvalue weighted by Gasteiger charge is 2.17. The van der Waals surface area contributed by atoms with Crippen molar-refractivity contribution in [2.75, 3.05) is 49.2 Å². The minimum Gasteiger partial charge on any atom is -0.396 e. The lowest BCUT2D eigenvalue weighted by Gasteiger charge is -2.32. The van der Waals surface area contributed by atoms with Crippen LogP contribution < -0.4 is 16.0 Å². The van der Waals surface area contributed by atoms with Crippen molar-refractivity contribution < 1.29 is 4.79 Å². The maximum absolute atomic E-state index is 12.6. The second-order valence-electron chi connectivity index (χ2n) is 7.02. The second kappa shape index (κ2) is 8.24. The van der Waals surface area contributed by atoms with Crippen molar-refractivity contribution in [2.45, 2.75) is 0 Å². The molecular weight excluding hydrogens is 366 g/mol. The third-order valence-corrected chi connectivity index (χ3v) is 4.91. The molecule has 0 aliphatic carbocycles. The van der Waals surface area contributed by atoms with Crippen molar-refractivity contribution in [3.63, 3.8) is 0 Å². The summed E-state index contributed by atoms with van der Waals surface area (Å²) in [5.41, 5.74) is 8.44. The molecule has 3 N–H and O–H groups in total. The first kappa shape index (κ1) is 18.8. The van der Waals surface area contributed by atoms with E-state index in [0.29, 0.717) is 23.0 Å². The number of anilines is 3. The normalized spacial score (nSPS) is 14.6. The van der Waals surface area contributed by atoms with Gasteiger partial charge in [-0.15, -0.1) is 0 Å². The van der Waals surface area contributed by atoms with Gasteiger partial charge in [-0.05, 0) is 19.2 Å². The number of likely N-dealkylation sites (N-methyl/N-ethyl adjacent to an activating group) is 1. The fourth-order valence-corrected chi connectivity index (χ4v) is 3.13. The smallest absolute Gasteiger partial charge is 0.260 e. The maximum atomic E-state index is 12.6. The lowest BCUT2D eigenvalue weighted by Crippen LogP contribution is -2.45. The van der Waals surface area contributed by atoms with Gasteiger partial charge in [-0.2, -0.15) is 0 Å². The van der Waals surface area contributed by atoms with Gasteiger partial charge >= 0.3 is 0 Å². The Bertz CT molecular complexity index is 984. The number of hydrogen-bond acceptors (Lipinski definition) is 7. The van der Waals surface area contributed by atoms with E-state index < -0.39 is 0 Å². The Balaban J connectivity index is 1.48. The molecule has 29 heavy (non-hydrogen) atoms. The van der Waals surface area contributed by atoms with Gasteiger partial charge in [0.1, 0.15) is 0 Å². The predicted molar refractivity (Wildman–Crippen MR) is 114 cm³/mol. The SMILES string of the molecule is CN1CCN(c2ncc(C(=O)Nc3nc(-c4ccccc4)ccc3N)cn2)CC1. The van der Waals surface area contributed by atoms with Gasteiger partial charge in [-0.3, -0.25) is 4.79 Å². The molecular formula is C21H23N7O. The molecule has 1 aliphatic rings. The number of aromatic nitrogens is 3. The Morgan fingerprint density at radius 1 is 1.00 bits per heavy atom. The molecule has 1 aliphatic heterocycles. The lowest BCUT2D eigenvalue weighted by molar-refractivity contribution is 0.102. The van der Waals surface area contributed by atoms with E-state index in [2.05, 4.69) is 37.1 Å². The number of hydrogen-bond donors (Lipinski definition) is 2. The zero-order chi connectivity index (χ0) is 20.2. The highest BCUT2D eigenvalue weighted by molar-refractivity contribution is 6.04. The third-order valence-electron chi connectivity index (χ3n) is 4.91. The second-order valence-corrected chi connectivity index (χ2v) is 7.02. The number of piperazine rings is 1. The average Bonchev–Trinajstić information content (AvgIpc) is 2.76. The minimum atomic E-state index is -0.348. The van der Waals surface area contributed by atoms with Crippen LogP contribution in [0.5, 0.6) is 0 Å². The van der Waals surface area contributed by atoms with Gasteiger partial charge in [0.25, 0.3) is 5.91 Å². The molecule has 1 aromatic carbocycles. The van der Waals surface area contributed by atoms with Crippen molar-refractivity contribution in [1.82, 2.24) is 19.9 Å². The fraction of sp³-hybridized carbons (Fsp3) is 0.238. The lowest BCUT2D eigenvalue weighted by atomic mass is 10.1. The van der Waals surface area contributed by atoms with Gasteiger partial charge < -0.3 is 20.9 Å². The van der Waals surface area contributed by atoms with Gasteiger partial charge in [-0.1, -0.05) is 30.3 Å². The first-order valence-electron chi connectivity index (χ1n) is 9.49. The number of carbonyl (C=O) groups excluding carboxylic acids is 1. The van der Waals surface area contributed by atoms with E-state index in [1.807, 2.05) is 36.4 Å². The first-order chi connectivity index (χ1) is 14.1. The number of pyridine rings is 1. The molecule has 1 fully saturated rings. The molecule has 8 nitrogen and oxygen atoms in total. The summed E-state index contributed by atoms with van der Waals surface area (Å²) in [6.07, 6.45) is 3.07. The molecule has 2 aromatic heterocycles. The van der Waals surface area contributed by atoms with Crippen LogP contribution in [0.15, 0.2) is 54.9 Å². The van der Waals surface area contributed by atoms with E-state index in [1.165, 1.54) is 12.4 Å². The molecule has 0 saturated carbocycles. The Kier molecular flexibility index (Phi) is 5.35. The summed E-state index contributed by atoms with van der Waals surface area (Å²) in [6, 6.07) is 13.3. The average molecular weight is 389 g/mol. The van der Waals surface area contributed by atoms with Gasteiger partial charge in [-0.25, -0.2) is 15.0 Å². The Labute approximate surface area is 169 Å². The van der Waals surface area contributed by atoms with Crippen molar-refractivity contribution in [3.05, 3.63) is 60.4 Å². The summed E-state index contributed by atoms with van der Waals surface area (Å²) in [5.74, 6) is 0.609. The van der Waals surface area contributed by atoms with Gasteiger partial charge in [0.15, 0.2) is 5.82 Å². The molecule has 1 saturated heterocycles. The van der Waals surface area contributed by atoms with Crippen LogP contribution in [0, 0.1) is 0 Å². The molecule has 0 radical (unpaired) electrons. The van der Waals surface area contributed by atoms with Crippen LogP contribution >= 0.6 is 0 Å². The summed E-state index contributed by atoms with van der Waals surface area (Å²) >= 11 is 0. The van der Waals surface area contributed by atoms with Crippen molar-refractivity contribution in [3.8, 4) is 11.3 Å². The molecule has 4 rings (SSSR count). The summed E-state index contributed by atoms with van der Waals surface area (Å²) in [4.78, 5) is 30.2. The van der Waals surface area contributed by atoms with Crippen LogP contribution in [-0.4, -0.2) is 59.0 Å². The van der Waals surface area contributed by atoms with Gasteiger partial charge in [0.2, 0.25) is 5.95 Å². The van der Waals surface area contributed by atoms with Crippen LogP contribution in [0.25, 0.3) is 11.3 Å². The summed E-state index contributed by atoms with van der Waals surface area (Å²) in [7, 11) is 2.10. The van der Waals surface area contributed by atoms with E-state index in [4.69, 9.17) is 5.73 Å². The molecule has 148 valence electrons. The summed E-state index contributed by atoms with van der Waals surface area (Å²) in [5, 5.41) is 2.77. The monoisotopic (exact) mass is 389 g/mol. The van der Waals surface area contributed by atoms with E-state index in [0.717, 1.165) is 37.4 Å². The number of benzene rings is 1. The molecule has 0 unspecified atom stereocenters. The standard InChI is InChI=1S/C21H23N7O/c1-27-9-11-28(12-10-27)21-23-13-16(14-24-21)20(29)26-19-17(22)7-8-18(25-19)15-5-3-2-4-6-15/h2-8,13-14H,9-12,22H2,1H3,(H,25,26,29). The maximum Gasteiger partial charge on any atom is 0.260 e. The quantitative estimate of drug-likeness (QED) is 0.705. The number of carbonyl (C=O) groups is 1. The molecule has 3 aromatic rings. The molecule has 0 spiro atoms. The number of nitrogens with one attached hydrogen (secondary N) is 1. The van der Waals surface area contributed by atoms with Crippen molar-refractivity contribution >= 4 is 23.4 Å². The number of nitrogens with zero attached hydrogens (tertiary/aromatic N) is 5. The fourth-order valence-electron chi connectivity index (χ4n) is 3.13. The molecule has 3 heterocycles. The Morgan fingerprint density at radius 3 is 2.38 bits per heavy atom. The highest BCUT2D eigenvalue weighted by atomic mass is 16.1. The van der Waals surface area contributed by atoms with Crippen LogP contribution in [0.1, 0.15) is 10.4 Å². The molecule has 0 bridgehead atoms. The van der Waals surface area contributed by atoms with Crippen LogP contribution in [0.3, 0.4) is 0 Å². The Morgan fingerprint density at radius 2 is 1.69 bits per heavy atom. The van der Waals surface area contributed by atoms with Crippen molar-refractivity contribution in [2.24, 2.45) is 0 Å². The predicted octanol–water partition coefficient (Wildman–Crippen LogP) is 2.12. The first-order valence-corrected chi connectivity index (χ1v) is 9.49. The molecule has 8 heteroatoms. The molecule has 1 amide bonds. The van der Waals surface area contributed by atoms with Crippen LogP contribution in [0.2, 0.25) is 0 Å². The highest BCUT2D eigenvalue weighted by Crippen LogP contribution is 2.23. The van der Waals surface area contributed by atoms with Crippen molar-refractivity contribution in [1.29, 1.82) is 0 Å². The van der Waals surface area contributed by atoms with E-state index in [-0.39, 0.29) is 5.91 Å². The van der Waals surface area contributed by atoms with E-state index in [9.17, 15) is 4.79 Å².